The lowest BCUT2D eigenvalue weighted by Gasteiger charge is -1.82. The summed E-state index contributed by atoms with van der Waals surface area (Å²) in [7, 11) is 1.18. The van der Waals surface area contributed by atoms with Crippen LogP contribution in [0.25, 0.3) is 0 Å². The highest BCUT2D eigenvalue weighted by atomic mass is 32.8. The van der Waals surface area contributed by atoms with Gasteiger partial charge in [-0.05, 0) is 21.6 Å². The van der Waals surface area contributed by atoms with Crippen LogP contribution in [0.4, 0.5) is 0 Å². The van der Waals surface area contributed by atoms with Gasteiger partial charge in [-0.2, -0.15) is 0 Å². The van der Waals surface area contributed by atoms with Crippen molar-refractivity contribution < 1.29 is 0 Å². The van der Waals surface area contributed by atoms with E-state index in [9.17, 15) is 0 Å². The molecular formula is C3H7PS. The minimum absolute atomic E-state index is 0.694. The van der Waals surface area contributed by atoms with E-state index in [0.29, 0.717) is 4.49 Å². The average molecular weight is 106 g/mol. The van der Waals surface area contributed by atoms with Crippen LogP contribution < -0.4 is 0 Å². The zero-order valence-corrected chi connectivity index (χ0v) is 5.22. The van der Waals surface area contributed by atoms with Crippen LogP contribution in [0.1, 0.15) is 13.8 Å². The summed E-state index contributed by atoms with van der Waals surface area (Å²) in [4.78, 5) is 0. The van der Waals surface area contributed by atoms with E-state index in [4.69, 9.17) is 0 Å². The molecule has 30 valence electrons. The van der Waals surface area contributed by atoms with Crippen molar-refractivity contribution in [1.82, 2.24) is 0 Å². The Morgan fingerprint density at radius 3 is 1.80 bits per heavy atom. The molecule has 0 spiro atoms. The minimum atomic E-state index is 0.694. The van der Waals surface area contributed by atoms with E-state index in [-0.39, 0.29) is 0 Å². The van der Waals surface area contributed by atoms with Crippen molar-refractivity contribution in [2.75, 3.05) is 0 Å². The monoisotopic (exact) mass is 106 g/mol. The molecule has 0 aromatic rings. The predicted molar refractivity (Wildman–Crippen MR) is 30.0 cm³/mol. The van der Waals surface area contributed by atoms with Crippen LogP contribution in [0, 0.1) is 0 Å². The van der Waals surface area contributed by atoms with Crippen LogP contribution in [0.15, 0.2) is 0 Å². The van der Waals surface area contributed by atoms with E-state index in [1.165, 1.54) is 7.78 Å². The van der Waals surface area contributed by atoms with Gasteiger partial charge in [0.1, 0.15) is 0 Å². The summed E-state index contributed by atoms with van der Waals surface area (Å²) >= 11 is 2.05. The van der Waals surface area contributed by atoms with Crippen LogP contribution in [0.2, 0.25) is 0 Å². The summed E-state index contributed by atoms with van der Waals surface area (Å²) in [5.74, 6) is 0. The molecule has 1 rings (SSSR count). The maximum absolute atomic E-state index is 2.27. The van der Waals surface area contributed by atoms with Crippen LogP contribution in [-0.4, -0.2) is 4.49 Å². The zero-order valence-electron chi connectivity index (χ0n) is 3.41. The molecule has 5 heavy (non-hydrogen) atoms. The van der Waals surface area contributed by atoms with E-state index in [1.54, 1.807) is 0 Å². The lowest BCUT2D eigenvalue weighted by Crippen LogP contribution is -1.80. The Balaban J connectivity index is 2.38. The first-order chi connectivity index (χ1) is 2.21. The van der Waals surface area contributed by atoms with Crippen molar-refractivity contribution in [2.45, 2.75) is 18.3 Å². The van der Waals surface area contributed by atoms with Gasteiger partial charge in [-0.25, -0.2) is 0 Å². The van der Waals surface area contributed by atoms with Gasteiger partial charge in [0.25, 0.3) is 0 Å². The molecule has 0 aliphatic carbocycles. The van der Waals surface area contributed by atoms with E-state index in [1.807, 2.05) is 0 Å². The molecule has 0 saturated carbocycles. The fraction of sp³-hybridized carbons (Fsp3) is 1.00. The topological polar surface area (TPSA) is 0 Å². The number of rotatable bonds is 0. The molecule has 0 N–H and O–H groups in total. The van der Waals surface area contributed by atoms with Gasteiger partial charge in [0.15, 0.2) is 0 Å². The summed E-state index contributed by atoms with van der Waals surface area (Å²) in [6, 6.07) is 0. The van der Waals surface area contributed by atoms with E-state index in [2.05, 4.69) is 25.2 Å². The lowest BCUT2D eigenvalue weighted by atomic mass is 10.6. The second kappa shape index (κ2) is 0.886. The fourth-order valence-electron chi connectivity index (χ4n) is 0.102. The second-order valence-corrected chi connectivity index (χ2v) is 5.98. The van der Waals surface area contributed by atoms with E-state index in [0.717, 1.165) is 0 Å². The molecule has 1 aliphatic rings. The first kappa shape index (κ1) is 3.95. The third-order valence-electron chi connectivity index (χ3n) is 0.510. The standard InChI is InChI=1S/C3H7PS/c1-3(2)4-5-3/h4H,1-2H3. The minimum Gasteiger partial charge on any atom is -0.125 e. The lowest BCUT2D eigenvalue weighted by molar-refractivity contribution is 1.06. The normalized spacial score (nSPS) is 34.8. The molecule has 1 fully saturated rings. The average Bonchev–Trinajstić information content (AvgIpc) is 1.76. The maximum Gasteiger partial charge on any atom is 0.0407 e. The quantitative estimate of drug-likeness (QED) is 0.336. The van der Waals surface area contributed by atoms with Gasteiger partial charge in [0, 0.05) is 4.49 Å². The van der Waals surface area contributed by atoms with E-state index < -0.39 is 0 Å². The highest BCUT2D eigenvalue weighted by Gasteiger charge is 2.32. The van der Waals surface area contributed by atoms with E-state index >= 15 is 0 Å². The molecule has 0 radical (unpaired) electrons. The van der Waals surface area contributed by atoms with Gasteiger partial charge in [-0.3, -0.25) is 0 Å². The Bertz CT molecular complexity index is 44.9. The van der Waals surface area contributed by atoms with Gasteiger partial charge in [0.2, 0.25) is 0 Å². The Morgan fingerprint density at radius 2 is 1.80 bits per heavy atom. The summed E-state index contributed by atoms with van der Waals surface area (Å²) in [6.45, 7) is 4.55. The smallest absolute Gasteiger partial charge is 0.0407 e. The molecular weight excluding hydrogens is 99.1 g/mol. The molecule has 0 aromatic heterocycles. The van der Waals surface area contributed by atoms with Crippen molar-refractivity contribution in [1.29, 1.82) is 0 Å². The molecule has 2 heteroatoms. The molecule has 1 heterocycles. The highest BCUT2D eigenvalue weighted by molar-refractivity contribution is 8.66. The molecule has 0 bridgehead atoms. The molecule has 1 saturated heterocycles. The highest BCUT2D eigenvalue weighted by Crippen LogP contribution is 2.70. The maximum atomic E-state index is 2.27. The van der Waals surface area contributed by atoms with Gasteiger partial charge in [-0.1, -0.05) is 0 Å². The summed E-state index contributed by atoms with van der Waals surface area (Å²) < 4.78 is 0.694. The molecule has 0 amide bonds. The summed E-state index contributed by atoms with van der Waals surface area (Å²) in [5, 5.41) is 0. The first-order valence-electron chi connectivity index (χ1n) is 1.66. The molecule has 0 aromatic carbocycles. The molecule has 0 nitrogen and oxygen atoms in total. The Kier molecular flexibility index (Phi) is 0.700. The molecule has 1 aliphatic heterocycles. The van der Waals surface area contributed by atoms with Crippen LogP contribution >= 0.6 is 19.2 Å². The number of hydrogen-bond donors (Lipinski definition) is 0. The van der Waals surface area contributed by atoms with Gasteiger partial charge < -0.3 is 0 Å². The summed E-state index contributed by atoms with van der Waals surface area (Å²) in [6.07, 6.45) is 0. The third-order valence-corrected chi connectivity index (χ3v) is 4.59. The second-order valence-electron chi connectivity index (χ2n) is 1.71. The van der Waals surface area contributed by atoms with Crippen LogP contribution in [0.5, 0.6) is 0 Å². The van der Waals surface area contributed by atoms with Crippen molar-refractivity contribution in [3.8, 4) is 0 Å². The predicted octanol–water partition coefficient (Wildman–Crippen LogP) is 2.06. The third kappa shape index (κ3) is 1.11. The van der Waals surface area contributed by atoms with Gasteiger partial charge in [0.05, 0.1) is 0 Å². The van der Waals surface area contributed by atoms with Crippen molar-refractivity contribution in [3.63, 3.8) is 0 Å². The Morgan fingerprint density at radius 1 is 1.60 bits per heavy atom. The Hall–Kier alpha value is 0.780. The van der Waals surface area contributed by atoms with Crippen molar-refractivity contribution in [3.05, 3.63) is 0 Å². The van der Waals surface area contributed by atoms with Gasteiger partial charge in [-0.15, -0.1) is 11.4 Å². The SMILES string of the molecule is CC1(C)PS1. The van der Waals surface area contributed by atoms with Crippen LogP contribution in [-0.2, 0) is 0 Å². The molecule has 1 unspecified atom stereocenters. The fourth-order valence-corrected chi connectivity index (χ4v) is 0.919. The summed E-state index contributed by atoms with van der Waals surface area (Å²) in [5.41, 5.74) is 0. The van der Waals surface area contributed by atoms with Crippen molar-refractivity contribution >= 4 is 19.2 Å². The first-order valence-corrected chi connectivity index (χ1v) is 4.20. The largest absolute Gasteiger partial charge is 0.125 e. The number of hydrogen-bond acceptors (Lipinski definition) is 1. The van der Waals surface area contributed by atoms with Crippen molar-refractivity contribution in [2.24, 2.45) is 0 Å². The van der Waals surface area contributed by atoms with Gasteiger partial charge >= 0.3 is 0 Å². The zero-order chi connectivity index (χ0) is 3.91. The molecule has 1 atom stereocenters. The Labute approximate surface area is 38.2 Å². The van der Waals surface area contributed by atoms with Crippen LogP contribution in [0.3, 0.4) is 0 Å².